The summed E-state index contributed by atoms with van der Waals surface area (Å²) < 4.78 is 0. The highest BCUT2D eigenvalue weighted by molar-refractivity contribution is 4.80. The molecular formula is C13H27NO. The summed E-state index contributed by atoms with van der Waals surface area (Å²) in [6.07, 6.45) is 6.90. The van der Waals surface area contributed by atoms with Gasteiger partial charge < -0.3 is 10.4 Å². The van der Waals surface area contributed by atoms with Crippen LogP contribution < -0.4 is 5.32 Å². The minimum atomic E-state index is -0.112. The molecule has 2 heteroatoms. The van der Waals surface area contributed by atoms with Gasteiger partial charge in [0.1, 0.15) is 0 Å². The molecule has 1 rings (SSSR count). The zero-order valence-electron chi connectivity index (χ0n) is 10.6. The van der Waals surface area contributed by atoms with Crippen LogP contribution in [-0.2, 0) is 0 Å². The predicted octanol–water partition coefficient (Wildman–Crippen LogP) is 2.56. The second kappa shape index (κ2) is 5.86. The average molecular weight is 213 g/mol. The van der Waals surface area contributed by atoms with E-state index in [-0.39, 0.29) is 12.1 Å². The van der Waals surface area contributed by atoms with Crippen LogP contribution in [-0.4, -0.2) is 23.8 Å². The molecule has 2 unspecified atom stereocenters. The largest absolute Gasteiger partial charge is 0.394 e. The molecule has 2 N–H and O–H groups in total. The summed E-state index contributed by atoms with van der Waals surface area (Å²) in [5.41, 5.74) is -0.112. The lowest BCUT2D eigenvalue weighted by molar-refractivity contribution is 0.169. The Balaban J connectivity index is 2.26. The van der Waals surface area contributed by atoms with Gasteiger partial charge in [-0.2, -0.15) is 0 Å². The van der Waals surface area contributed by atoms with Crippen LogP contribution in [0.4, 0.5) is 0 Å². The maximum absolute atomic E-state index is 9.16. The summed E-state index contributed by atoms with van der Waals surface area (Å²) >= 11 is 0. The maximum atomic E-state index is 9.16. The van der Waals surface area contributed by atoms with Crippen LogP contribution in [0.2, 0.25) is 0 Å². The van der Waals surface area contributed by atoms with E-state index in [0.717, 1.165) is 18.4 Å². The Kier molecular flexibility index (Phi) is 5.07. The molecule has 0 saturated heterocycles. The van der Waals surface area contributed by atoms with E-state index in [4.69, 9.17) is 5.11 Å². The lowest BCUT2D eigenvalue weighted by Crippen LogP contribution is -2.45. The molecule has 1 aliphatic carbocycles. The van der Waals surface area contributed by atoms with Crippen molar-refractivity contribution in [1.29, 1.82) is 0 Å². The Morgan fingerprint density at radius 2 is 1.93 bits per heavy atom. The third-order valence-corrected chi connectivity index (χ3v) is 3.73. The van der Waals surface area contributed by atoms with Gasteiger partial charge in [-0.1, -0.05) is 26.2 Å². The molecule has 0 aromatic heterocycles. The van der Waals surface area contributed by atoms with Crippen molar-refractivity contribution in [3.05, 3.63) is 0 Å². The van der Waals surface area contributed by atoms with E-state index >= 15 is 0 Å². The van der Waals surface area contributed by atoms with Gasteiger partial charge >= 0.3 is 0 Å². The lowest BCUT2D eigenvalue weighted by Gasteiger charge is -2.32. The van der Waals surface area contributed by atoms with Crippen LogP contribution in [0.3, 0.4) is 0 Å². The molecule has 0 heterocycles. The fraction of sp³-hybridized carbons (Fsp3) is 1.00. The molecule has 0 bridgehead atoms. The zero-order valence-corrected chi connectivity index (χ0v) is 10.6. The van der Waals surface area contributed by atoms with Crippen molar-refractivity contribution >= 4 is 0 Å². The molecule has 0 aromatic carbocycles. The van der Waals surface area contributed by atoms with E-state index in [1.807, 2.05) is 0 Å². The van der Waals surface area contributed by atoms with Crippen molar-refractivity contribution in [2.45, 2.75) is 58.4 Å². The Bertz CT molecular complexity index is 179. The monoisotopic (exact) mass is 213 g/mol. The summed E-state index contributed by atoms with van der Waals surface area (Å²) in [5.74, 6) is 1.78. The lowest BCUT2D eigenvalue weighted by atomic mass is 9.80. The number of aliphatic hydroxyl groups excluding tert-OH is 1. The minimum absolute atomic E-state index is 0.112. The molecule has 0 aromatic rings. The molecule has 0 aliphatic heterocycles. The molecule has 2 nitrogen and oxygen atoms in total. The normalized spacial score (nSPS) is 28.0. The van der Waals surface area contributed by atoms with Gasteiger partial charge in [-0.3, -0.25) is 0 Å². The van der Waals surface area contributed by atoms with Crippen LogP contribution in [0.25, 0.3) is 0 Å². The molecule has 1 fully saturated rings. The number of nitrogens with one attached hydrogen (secondary N) is 1. The third kappa shape index (κ3) is 4.52. The predicted molar refractivity (Wildman–Crippen MR) is 64.9 cm³/mol. The van der Waals surface area contributed by atoms with Crippen molar-refractivity contribution in [3.63, 3.8) is 0 Å². The van der Waals surface area contributed by atoms with E-state index < -0.39 is 0 Å². The van der Waals surface area contributed by atoms with Gasteiger partial charge in [0.2, 0.25) is 0 Å². The highest BCUT2D eigenvalue weighted by Crippen LogP contribution is 2.30. The number of rotatable bonds is 5. The van der Waals surface area contributed by atoms with Crippen LogP contribution >= 0.6 is 0 Å². The fourth-order valence-corrected chi connectivity index (χ4v) is 2.44. The van der Waals surface area contributed by atoms with Crippen molar-refractivity contribution in [2.24, 2.45) is 11.8 Å². The summed E-state index contributed by atoms with van der Waals surface area (Å²) in [6, 6.07) is 0. The topological polar surface area (TPSA) is 32.3 Å². The smallest absolute Gasteiger partial charge is 0.0607 e. The first kappa shape index (κ1) is 13.0. The number of aliphatic hydroxyl groups is 1. The quantitative estimate of drug-likeness (QED) is 0.735. The maximum Gasteiger partial charge on any atom is 0.0607 e. The van der Waals surface area contributed by atoms with Gasteiger partial charge in [0.25, 0.3) is 0 Å². The Hall–Kier alpha value is -0.0800. The molecule has 2 atom stereocenters. The van der Waals surface area contributed by atoms with Gasteiger partial charge in [-0.25, -0.2) is 0 Å². The summed E-state index contributed by atoms with van der Waals surface area (Å²) in [7, 11) is 0. The van der Waals surface area contributed by atoms with Crippen molar-refractivity contribution in [3.8, 4) is 0 Å². The first-order valence-corrected chi connectivity index (χ1v) is 6.43. The molecule has 90 valence electrons. The van der Waals surface area contributed by atoms with Gasteiger partial charge in [0, 0.05) is 5.54 Å². The molecule has 0 amide bonds. The first-order chi connectivity index (χ1) is 7.07. The van der Waals surface area contributed by atoms with Crippen molar-refractivity contribution < 1.29 is 5.11 Å². The Labute approximate surface area is 94.5 Å². The molecule has 0 spiro atoms. The second-order valence-corrected chi connectivity index (χ2v) is 5.73. The fourth-order valence-electron chi connectivity index (χ4n) is 2.44. The van der Waals surface area contributed by atoms with E-state index in [0.29, 0.717) is 0 Å². The molecule has 0 radical (unpaired) electrons. The van der Waals surface area contributed by atoms with E-state index in [1.54, 1.807) is 0 Å². The third-order valence-electron chi connectivity index (χ3n) is 3.73. The molecule has 1 saturated carbocycles. The summed E-state index contributed by atoms with van der Waals surface area (Å²) in [5, 5.41) is 12.6. The van der Waals surface area contributed by atoms with Gasteiger partial charge in [0.15, 0.2) is 0 Å². The first-order valence-electron chi connectivity index (χ1n) is 6.43. The summed E-state index contributed by atoms with van der Waals surface area (Å²) in [6.45, 7) is 7.72. The zero-order chi connectivity index (χ0) is 11.3. The molecular weight excluding hydrogens is 186 g/mol. The summed E-state index contributed by atoms with van der Waals surface area (Å²) in [4.78, 5) is 0. The van der Waals surface area contributed by atoms with Crippen LogP contribution in [0.15, 0.2) is 0 Å². The second-order valence-electron chi connectivity index (χ2n) is 5.73. The highest BCUT2D eigenvalue weighted by Gasteiger charge is 2.23. The molecule has 1 aliphatic rings. The number of hydrogen-bond acceptors (Lipinski definition) is 2. The SMILES string of the molecule is CCC1CCCC(CNC(C)(C)CO)C1. The van der Waals surface area contributed by atoms with Gasteiger partial charge in [-0.15, -0.1) is 0 Å². The Morgan fingerprint density at radius 3 is 2.53 bits per heavy atom. The molecule has 15 heavy (non-hydrogen) atoms. The van der Waals surface area contributed by atoms with Gasteiger partial charge in [0.05, 0.1) is 6.61 Å². The average Bonchev–Trinajstić information content (AvgIpc) is 2.27. The van der Waals surface area contributed by atoms with Crippen LogP contribution in [0, 0.1) is 11.8 Å². The van der Waals surface area contributed by atoms with Crippen molar-refractivity contribution in [1.82, 2.24) is 5.32 Å². The van der Waals surface area contributed by atoms with E-state index in [1.165, 1.54) is 32.1 Å². The number of hydrogen-bond donors (Lipinski definition) is 2. The highest BCUT2D eigenvalue weighted by atomic mass is 16.3. The van der Waals surface area contributed by atoms with Crippen LogP contribution in [0.1, 0.15) is 52.9 Å². The Morgan fingerprint density at radius 1 is 1.27 bits per heavy atom. The standard InChI is InChI=1S/C13H27NO/c1-4-11-6-5-7-12(8-11)9-14-13(2,3)10-15/h11-12,14-15H,4-10H2,1-3H3. The minimum Gasteiger partial charge on any atom is -0.394 e. The van der Waals surface area contributed by atoms with E-state index in [2.05, 4.69) is 26.1 Å². The van der Waals surface area contributed by atoms with Crippen LogP contribution in [0.5, 0.6) is 0 Å². The van der Waals surface area contributed by atoms with E-state index in [9.17, 15) is 0 Å². The van der Waals surface area contributed by atoms with Gasteiger partial charge in [-0.05, 0) is 45.1 Å². The van der Waals surface area contributed by atoms with Crippen molar-refractivity contribution in [2.75, 3.05) is 13.2 Å².